The van der Waals surface area contributed by atoms with Gasteiger partial charge in [0.05, 0.1) is 35.3 Å². The van der Waals surface area contributed by atoms with Gasteiger partial charge < -0.3 is 9.84 Å². The molecule has 0 amide bonds. The van der Waals surface area contributed by atoms with E-state index in [1.807, 2.05) is 51.2 Å². The molecule has 1 N–H and O–H groups in total. The van der Waals surface area contributed by atoms with E-state index in [0.29, 0.717) is 22.8 Å². The van der Waals surface area contributed by atoms with Crippen LogP contribution in [0.25, 0.3) is 34.0 Å². The lowest BCUT2D eigenvalue weighted by molar-refractivity contribution is 0.433. The van der Waals surface area contributed by atoms with Crippen LogP contribution in [0.1, 0.15) is 32.6 Å². The third-order valence-electron chi connectivity index (χ3n) is 5.04. The summed E-state index contributed by atoms with van der Waals surface area (Å²) < 4.78 is 5.61. The van der Waals surface area contributed by atoms with Gasteiger partial charge in [0, 0.05) is 32.8 Å². The molecule has 7 heteroatoms. The lowest BCUT2D eigenvalue weighted by atomic mass is 10.1. The minimum absolute atomic E-state index is 0. The molecule has 0 radical (unpaired) electrons. The Hall–Kier alpha value is -3.89. The minimum atomic E-state index is -0.297. The second-order valence-corrected chi connectivity index (χ2v) is 7.31. The van der Waals surface area contributed by atoms with Gasteiger partial charge in [-0.15, -0.1) is 0 Å². The number of nitriles is 1. The van der Waals surface area contributed by atoms with Crippen LogP contribution in [0.3, 0.4) is 0 Å². The van der Waals surface area contributed by atoms with Crippen LogP contribution in [-0.2, 0) is 6.54 Å². The van der Waals surface area contributed by atoms with Crippen LogP contribution in [-0.4, -0.2) is 27.2 Å². The van der Waals surface area contributed by atoms with Gasteiger partial charge in [-0.25, -0.2) is 4.98 Å². The SMILES string of the molecule is CNCc1ccc(-c2cc(-c3nc(-c4ccnc(C(C)C#N)c4)cnc3C)on2)cc1.[HH].[HH]. The summed E-state index contributed by atoms with van der Waals surface area (Å²) in [4.78, 5) is 13.6. The summed E-state index contributed by atoms with van der Waals surface area (Å²) in [5, 5.41) is 16.5. The van der Waals surface area contributed by atoms with E-state index in [2.05, 4.69) is 38.6 Å². The Bertz CT molecular complexity index is 1250. The van der Waals surface area contributed by atoms with Crippen LogP contribution in [0.2, 0.25) is 0 Å². The molecule has 1 unspecified atom stereocenters. The molecular formula is C24H26N6O. The van der Waals surface area contributed by atoms with E-state index in [0.717, 1.165) is 29.1 Å². The van der Waals surface area contributed by atoms with E-state index in [1.165, 1.54) is 5.56 Å². The Kier molecular flexibility index (Phi) is 5.83. The van der Waals surface area contributed by atoms with Gasteiger partial charge in [-0.3, -0.25) is 9.97 Å². The Labute approximate surface area is 183 Å². The summed E-state index contributed by atoms with van der Waals surface area (Å²) >= 11 is 0. The number of aryl methyl sites for hydroxylation is 1. The van der Waals surface area contributed by atoms with E-state index < -0.39 is 0 Å². The molecule has 0 fully saturated rings. The first-order chi connectivity index (χ1) is 15.1. The van der Waals surface area contributed by atoms with Crippen LogP contribution in [0.5, 0.6) is 0 Å². The molecule has 0 saturated carbocycles. The molecule has 4 aromatic rings. The fourth-order valence-corrected chi connectivity index (χ4v) is 3.25. The van der Waals surface area contributed by atoms with E-state index in [9.17, 15) is 5.26 Å². The van der Waals surface area contributed by atoms with Crippen molar-refractivity contribution in [3.05, 3.63) is 71.8 Å². The summed E-state index contributed by atoms with van der Waals surface area (Å²) in [5.74, 6) is 0.259. The van der Waals surface area contributed by atoms with Crippen LogP contribution < -0.4 is 5.32 Å². The number of pyridine rings is 1. The lowest BCUT2D eigenvalue weighted by Crippen LogP contribution is -2.04. The summed E-state index contributed by atoms with van der Waals surface area (Å²) in [6.07, 6.45) is 3.40. The molecule has 0 aliphatic rings. The van der Waals surface area contributed by atoms with Crippen molar-refractivity contribution in [2.24, 2.45) is 0 Å². The maximum atomic E-state index is 9.18. The Morgan fingerprint density at radius 3 is 2.65 bits per heavy atom. The number of hydrogen-bond donors (Lipinski definition) is 1. The summed E-state index contributed by atoms with van der Waals surface area (Å²) in [6.45, 7) is 4.52. The van der Waals surface area contributed by atoms with Crippen molar-refractivity contribution in [2.45, 2.75) is 26.3 Å². The van der Waals surface area contributed by atoms with Crippen molar-refractivity contribution in [3.63, 3.8) is 0 Å². The molecule has 3 aromatic heterocycles. The van der Waals surface area contributed by atoms with Gasteiger partial charge >= 0.3 is 0 Å². The van der Waals surface area contributed by atoms with Gasteiger partial charge in [-0.05, 0) is 38.6 Å². The molecule has 3 heterocycles. The van der Waals surface area contributed by atoms with Gasteiger partial charge in [0.2, 0.25) is 0 Å². The van der Waals surface area contributed by atoms with E-state index >= 15 is 0 Å². The average Bonchev–Trinajstić information content (AvgIpc) is 3.30. The fraction of sp³-hybridized carbons (Fsp3) is 0.208. The number of nitrogens with one attached hydrogen (secondary N) is 1. The average molecular weight is 415 g/mol. The quantitative estimate of drug-likeness (QED) is 0.473. The maximum absolute atomic E-state index is 9.18. The molecule has 1 atom stereocenters. The first-order valence-corrected chi connectivity index (χ1v) is 9.99. The first kappa shape index (κ1) is 20.4. The normalized spacial score (nSPS) is 11.8. The van der Waals surface area contributed by atoms with Gasteiger partial charge in [0.15, 0.2) is 5.76 Å². The van der Waals surface area contributed by atoms with Crippen LogP contribution in [0.15, 0.2) is 59.4 Å². The molecular weight excluding hydrogens is 388 g/mol. The van der Waals surface area contributed by atoms with Crippen molar-refractivity contribution >= 4 is 0 Å². The molecule has 0 saturated heterocycles. The summed E-state index contributed by atoms with van der Waals surface area (Å²) in [5.41, 5.74) is 6.53. The Morgan fingerprint density at radius 1 is 1.10 bits per heavy atom. The molecule has 0 bridgehead atoms. The van der Waals surface area contributed by atoms with Crippen molar-refractivity contribution in [2.75, 3.05) is 7.05 Å². The standard InChI is InChI=1S/C24H22N6O.2H2/c1-15(12-25)20-10-19(8-9-27-20)22-14-28-16(2)24(29-22)23-11-21(30-31-23)18-6-4-17(5-7-18)13-26-3;;/h4-11,14-15,26H,13H2,1-3H3;2*1H. The van der Waals surface area contributed by atoms with Gasteiger partial charge in [-0.2, -0.15) is 5.26 Å². The fourth-order valence-electron chi connectivity index (χ4n) is 3.25. The predicted octanol–water partition coefficient (Wildman–Crippen LogP) is 5.01. The van der Waals surface area contributed by atoms with Gasteiger partial charge in [-0.1, -0.05) is 29.4 Å². The monoisotopic (exact) mass is 414 g/mol. The molecule has 0 aliphatic heterocycles. The molecule has 31 heavy (non-hydrogen) atoms. The molecule has 158 valence electrons. The third-order valence-corrected chi connectivity index (χ3v) is 5.04. The van der Waals surface area contributed by atoms with Crippen LogP contribution in [0.4, 0.5) is 0 Å². The van der Waals surface area contributed by atoms with Crippen LogP contribution >= 0.6 is 0 Å². The zero-order valence-corrected chi connectivity index (χ0v) is 17.6. The molecule has 0 aliphatic carbocycles. The number of benzene rings is 1. The zero-order chi connectivity index (χ0) is 21.8. The molecule has 4 rings (SSSR count). The van der Waals surface area contributed by atoms with Crippen molar-refractivity contribution in [1.29, 1.82) is 5.26 Å². The first-order valence-electron chi connectivity index (χ1n) is 9.99. The Balaban J connectivity index is 0.00000193. The minimum Gasteiger partial charge on any atom is -0.354 e. The number of rotatable bonds is 6. The second-order valence-electron chi connectivity index (χ2n) is 7.31. The number of aromatic nitrogens is 4. The number of hydrogen-bond acceptors (Lipinski definition) is 7. The molecule has 0 spiro atoms. The van der Waals surface area contributed by atoms with Crippen molar-refractivity contribution in [1.82, 2.24) is 25.4 Å². The lowest BCUT2D eigenvalue weighted by Gasteiger charge is -2.07. The highest BCUT2D eigenvalue weighted by Crippen LogP contribution is 2.29. The smallest absolute Gasteiger partial charge is 0.187 e. The predicted molar refractivity (Wildman–Crippen MR) is 122 cm³/mol. The largest absolute Gasteiger partial charge is 0.354 e. The zero-order valence-electron chi connectivity index (χ0n) is 17.6. The highest BCUT2D eigenvalue weighted by atomic mass is 16.5. The molecule has 7 nitrogen and oxygen atoms in total. The highest BCUT2D eigenvalue weighted by molar-refractivity contribution is 5.68. The number of nitrogens with zero attached hydrogens (tertiary/aromatic N) is 5. The maximum Gasteiger partial charge on any atom is 0.187 e. The summed E-state index contributed by atoms with van der Waals surface area (Å²) in [7, 11) is 1.92. The highest BCUT2D eigenvalue weighted by Gasteiger charge is 2.15. The molecule has 1 aromatic carbocycles. The second kappa shape index (κ2) is 8.86. The van der Waals surface area contributed by atoms with Gasteiger partial charge in [0.25, 0.3) is 0 Å². The van der Waals surface area contributed by atoms with Crippen molar-refractivity contribution < 1.29 is 7.38 Å². The topological polar surface area (TPSA) is 101 Å². The van der Waals surface area contributed by atoms with E-state index in [1.54, 1.807) is 12.4 Å². The third kappa shape index (κ3) is 4.34. The summed E-state index contributed by atoms with van der Waals surface area (Å²) in [6, 6.07) is 16.0. The van der Waals surface area contributed by atoms with Gasteiger partial charge in [0.1, 0.15) is 11.4 Å². The Morgan fingerprint density at radius 2 is 1.90 bits per heavy atom. The van der Waals surface area contributed by atoms with E-state index in [4.69, 9.17) is 9.51 Å². The van der Waals surface area contributed by atoms with E-state index in [-0.39, 0.29) is 8.77 Å². The van der Waals surface area contributed by atoms with Crippen LogP contribution in [0, 0.1) is 18.3 Å². The van der Waals surface area contributed by atoms with Crippen molar-refractivity contribution in [3.8, 4) is 40.0 Å².